The van der Waals surface area contributed by atoms with Gasteiger partial charge in [0, 0.05) is 30.1 Å². The number of amides is 1. The van der Waals surface area contributed by atoms with Crippen molar-refractivity contribution in [2.45, 2.75) is 44.9 Å². The predicted octanol–water partition coefficient (Wildman–Crippen LogP) is 3.99. The van der Waals surface area contributed by atoms with Crippen molar-refractivity contribution in [3.05, 3.63) is 71.7 Å². The Hall–Kier alpha value is -3.15. The molecule has 2 bridgehead atoms. The number of hydrogen-bond acceptors (Lipinski definition) is 4. The maximum absolute atomic E-state index is 12.7. The molecule has 4 heterocycles. The summed E-state index contributed by atoms with van der Waals surface area (Å²) in [7, 11) is 0. The van der Waals surface area contributed by atoms with Gasteiger partial charge in [0.25, 0.3) is 0 Å². The molecule has 2 aromatic heterocycles. The molecular weight excluding hydrogens is 352 g/mol. The van der Waals surface area contributed by atoms with E-state index in [0.717, 1.165) is 41.7 Å². The van der Waals surface area contributed by atoms with Crippen LogP contribution in [0.25, 0.3) is 11.2 Å². The second-order valence-corrected chi connectivity index (χ2v) is 7.57. The van der Waals surface area contributed by atoms with Crippen molar-refractivity contribution in [3.63, 3.8) is 0 Å². The van der Waals surface area contributed by atoms with Gasteiger partial charge in [0.2, 0.25) is 0 Å². The summed E-state index contributed by atoms with van der Waals surface area (Å²) in [5.74, 6) is 0. The molecule has 142 valence electrons. The van der Waals surface area contributed by atoms with Crippen LogP contribution < -0.4 is 0 Å². The summed E-state index contributed by atoms with van der Waals surface area (Å²) in [5, 5.41) is 4.46. The Labute approximate surface area is 163 Å². The van der Waals surface area contributed by atoms with Gasteiger partial charge in [-0.3, -0.25) is 4.90 Å². The summed E-state index contributed by atoms with van der Waals surface area (Å²) in [5.41, 5.74) is 5.12. The molecule has 6 heteroatoms. The van der Waals surface area contributed by atoms with Crippen LogP contribution in [0.1, 0.15) is 36.1 Å². The van der Waals surface area contributed by atoms with E-state index >= 15 is 0 Å². The monoisotopic (exact) mass is 374 g/mol. The molecule has 3 aromatic rings. The fourth-order valence-electron chi connectivity index (χ4n) is 4.28. The van der Waals surface area contributed by atoms with E-state index in [9.17, 15) is 4.79 Å². The minimum Gasteiger partial charge on any atom is -0.445 e. The lowest BCUT2D eigenvalue weighted by Gasteiger charge is -2.33. The summed E-state index contributed by atoms with van der Waals surface area (Å²) in [6, 6.07) is 12.0. The molecule has 1 saturated heterocycles. The average Bonchev–Trinajstić information content (AvgIpc) is 3.21. The van der Waals surface area contributed by atoms with Gasteiger partial charge in [-0.15, -0.1) is 0 Å². The van der Waals surface area contributed by atoms with Crippen LogP contribution in [0.15, 0.2) is 54.9 Å². The van der Waals surface area contributed by atoms with Crippen molar-refractivity contribution in [2.24, 2.45) is 0 Å². The Morgan fingerprint density at radius 3 is 2.93 bits per heavy atom. The third kappa shape index (κ3) is 3.05. The number of ether oxygens (including phenoxy) is 1. The molecular formula is C22H22N4O2. The molecule has 6 nitrogen and oxygen atoms in total. The first kappa shape index (κ1) is 17.0. The number of aromatic nitrogens is 3. The highest BCUT2D eigenvalue weighted by Gasteiger charge is 2.40. The van der Waals surface area contributed by atoms with Crippen LogP contribution in [0, 0.1) is 6.92 Å². The molecule has 2 aliphatic rings. The van der Waals surface area contributed by atoms with Gasteiger partial charge >= 0.3 is 6.09 Å². The highest BCUT2D eigenvalue weighted by Crippen LogP contribution is 2.38. The SMILES string of the molecule is Cc1cc2ncc(C3=CC4CCC(C3)N4C(=O)OCc3ccccc3)cn2n1. The van der Waals surface area contributed by atoms with Gasteiger partial charge in [-0.2, -0.15) is 5.10 Å². The van der Waals surface area contributed by atoms with Crippen molar-refractivity contribution >= 4 is 17.3 Å². The lowest BCUT2D eigenvalue weighted by molar-refractivity contribution is 0.0832. The zero-order valence-corrected chi connectivity index (χ0v) is 15.8. The molecule has 1 fully saturated rings. The number of nitrogens with zero attached hydrogens (tertiary/aromatic N) is 4. The second-order valence-electron chi connectivity index (χ2n) is 7.57. The lowest BCUT2D eigenvalue weighted by atomic mass is 9.97. The smallest absolute Gasteiger partial charge is 0.410 e. The van der Waals surface area contributed by atoms with E-state index < -0.39 is 0 Å². The fourth-order valence-corrected chi connectivity index (χ4v) is 4.28. The molecule has 2 unspecified atom stereocenters. The molecule has 28 heavy (non-hydrogen) atoms. The summed E-state index contributed by atoms with van der Waals surface area (Å²) < 4.78 is 7.41. The lowest BCUT2D eigenvalue weighted by Crippen LogP contribution is -2.43. The summed E-state index contributed by atoms with van der Waals surface area (Å²) in [4.78, 5) is 19.1. The van der Waals surface area contributed by atoms with E-state index in [2.05, 4.69) is 16.2 Å². The van der Waals surface area contributed by atoms with Gasteiger partial charge < -0.3 is 4.74 Å². The fraction of sp³-hybridized carbons (Fsp3) is 0.318. The Morgan fingerprint density at radius 1 is 1.25 bits per heavy atom. The second kappa shape index (κ2) is 6.78. The van der Waals surface area contributed by atoms with E-state index in [-0.39, 0.29) is 18.2 Å². The molecule has 1 amide bonds. The predicted molar refractivity (Wildman–Crippen MR) is 106 cm³/mol. The number of benzene rings is 1. The van der Waals surface area contributed by atoms with Gasteiger partial charge in [0.1, 0.15) is 6.61 Å². The van der Waals surface area contributed by atoms with E-state index in [1.165, 1.54) is 5.57 Å². The molecule has 5 rings (SSSR count). The van der Waals surface area contributed by atoms with Crippen LogP contribution in [0.2, 0.25) is 0 Å². The molecule has 0 radical (unpaired) electrons. The summed E-state index contributed by atoms with van der Waals surface area (Å²) >= 11 is 0. The quantitative estimate of drug-likeness (QED) is 0.695. The van der Waals surface area contributed by atoms with E-state index in [1.54, 1.807) is 0 Å². The van der Waals surface area contributed by atoms with Crippen molar-refractivity contribution in [2.75, 3.05) is 0 Å². The van der Waals surface area contributed by atoms with Crippen LogP contribution in [0.4, 0.5) is 4.79 Å². The highest BCUT2D eigenvalue weighted by atomic mass is 16.6. The zero-order valence-electron chi connectivity index (χ0n) is 15.8. The Kier molecular flexibility index (Phi) is 4.11. The van der Waals surface area contributed by atoms with Crippen LogP contribution in [-0.2, 0) is 11.3 Å². The third-order valence-electron chi connectivity index (χ3n) is 5.62. The van der Waals surface area contributed by atoms with Crippen LogP contribution in [0.3, 0.4) is 0 Å². The van der Waals surface area contributed by atoms with Crippen LogP contribution >= 0.6 is 0 Å². The number of carbonyl (C=O) groups excluding carboxylic acids is 1. The first-order valence-electron chi connectivity index (χ1n) is 9.69. The van der Waals surface area contributed by atoms with Crippen molar-refractivity contribution in [3.8, 4) is 0 Å². The number of aryl methyl sites for hydroxylation is 1. The highest BCUT2D eigenvalue weighted by molar-refractivity contribution is 5.74. The standard InChI is InChI=1S/C22H22N4O2/c1-15-9-21-23-12-18(13-25(21)24-15)17-10-19-7-8-20(11-17)26(19)22(27)28-14-16-5-3-2-4-6-16/h2-6,9-10,12-13,19-20H,7-8,11,14H2,1H3. The van der Waals surface area contributed by atoms with Gasteiger partial charge in [-0.1, -0.05) is 36.4 Å². The third-order valence-corrected chi connectivity index (χ3v) is 5.62. The molecule has 0 spiro atoms. The largest absolute Gasteiger partial charge is 0.445 e. The molecule has 2 aliphatic heterocycles. The van der Waals surface area contributed by atoms with Crippen molar-refractivity contribution < 1.29 is 9.53 Å². The van der Waals surface area contributed by atoms with E-state index in [1.807, 2.05) is 65.1 Å². The van der Waals surface area contributed by atoms with Crippen molar-refractivity contribution in [1.82, 2.24) is 19.5 Å². The zero-order chi connectivity index (χ0) is 19.1. The average molecular weight is 374 g/mol. The van der Waals surface area contributed by atoms with Gasteiger partial charge in [-0.05, 0) is 37.3 Å². The Balaban J connectivity index is 1.33. The van der Waals surface area contributed by atoms with Gasteiger partial charge in [0.05, 0.1) is 11.7 Å². The summed E-state index contributed by atoms with van der Waals surface area (Å²) in [6.45, 7) is 2.28. The first-order valence-corrected chi connectivity index (χ1v) is 9.69. The van der Waals surface area contributed by atoms with Gasteiger partial charge in [0.15, 0.2) is 5.65 Å². The first-order chi connectivity index (χ1) is 13.7. The molecule has 2 atom stereocenters. The molecule has 0 saturated carbocycles. The number of carbonyl (C=O) groups is 1. The summed E-state index contributed by atoms with van der Waals surface area (Å²) in [6.07, 6.45) is 8.72. The van der Waals surface area contributed by atoms with E-state index in [0.29, 0.717) is 6.61 Å². The van der Waals surface area contributed by atoms with Crippen molar-refractivity contribution in [1.29, 1.82) is 0 Å². The molecule has 1 aromatic carbocycles. The Morgan fingerprint density at radius 2 is 2.11 bits per heavy atom. The minimum atomic E-state index is -0.220. The van der Waals surface area contributed by atoms with Crippen LogP contribution in [0.5, 0.6) is 0 Å². The molecule has 0 aliphatic carbocycles. The number of hydrogen-bond donors (Lipinski definition) is 0. The number of rotatable bonds is 3. The normalized spacial score (nSPS) is 21.0. The minimum absolute atomic E-state index is 0.0899. The van der Waals surface area contributed by atoms with Gasteiger partial charge in [-0.25, -0.2) is 14.3 Å². The topological polar surface area (TPSA) is 59.7 Å². The Bertz CT molecular complexity index is 1060. The van der Waals surface area contributed by atoms with Crippen LogP contribution in [-0.4, -0.2) is 37.7 Å². The maximum atomic E-state index is 12.7. The maximum Gasteiger partial charge on any atom is 0.410 e. The van der Waals surface area contributed by atoms with E-state index in [4.69, 9.17) is 4.74 Å². The molecule has 0 N–H and O–H groups in total. The number of fused-ring (bicyclic) bond motifs is 3.